The number of amides is 1. The van der Waals surface area contributed by atoms with E-state index in [1.54, 1.807) is 24.4 Å². The average molecular weight is 470 g/mol. The highest BCUT2D eigenvalue weighted by atomic mass is 35.5. The van der Waals surface area contributed by atoms with Crippen LogP contribution in [0.15, 0.2) is 53.5 Å². The number of fused-ring (bicyclic) bond motifs is 1. The maximum atomic E-state index is 13.4. The van der Waals surface area contributed by atoms with Gasteiger partial charge in [-0.3, -0.25) is 9.59 Å². The van der Waals surface area contributed by atoms with Crippen LogP contribution in [-0.4, -0.2) is 32.6 Å². The van der Waals surface area contributed by atoms with E-state index >= 15 is 0 Å². The van der Waals surface area contributed by atoms with Gasteiger partial charge in [0.2, 0.25) is 5.91 Å². The fraction of sp³-hybridized carbons (Fsp3) is 0.217. The van der Waals surface area contributed by atoms with Gasteiger partial charge in [0, 0.05) is 10.4 Å². The summed E-state index contributed by atoms with van der Waals surface area (Å²) in [6.45, 7) is 3.53. The predicted octanol–water partition coefficient (Wildman–Crippen LogP) is 4.15. The number of hydrogen-bond acceptors (Lipinski definition) is 5. The number of rotatable bonds is 6. The number of aromatic nitrogens is 4. The Hall–Kier alpha value is -3.72. The second kappa shape index (κ2) is 9.03. The number of anilines is 1. The summed E-state index contributed by atoms with van der Waals surface area (Å²) < 4.78 is 21.2. The number of nitrogens with zero attached hydrogens (tertiary/aromatic N) is 4. The Kier molecular flexibility index (Phi) is 6.15. The molecule has 2 heterocycles. The lowest BCUT2D eigenvalue weighted by Crippen LogP contribution is -2.31. The minimum absolute atomic E-state index is 0.0405. The van der Waals surface area contributed by atoms with Crippen LogP contribution in [0.3, 0.4) is 0 Å². The Morgan fingerprint density at radius 1 is 1.21 bits per heavy atom. The first-order valence-electron chi connectivity index (χ1n) is 10.2. The van der Waals surface area contributed by atoms with E-state index in [0.717, 1.165) is 4.68 Å². The highest BCUT2D eigenvalue weighted by molar-refractivity contribution is 6.31. The number of methoxy groups -OCH3 is 1. The van der Waals surface area contributed by atoms with Crippen molar-refractivity contribution in [2.24, 2.45) is 0 Å². The van der Waals surface area contributed by atoms with Crippen molar-refractivity contribution in [3.05, 3.63) is 75.5 Å². The molecule has 1 N–H and O–H groups in total. The molecular formula is C23H21ClFN5O3. The van der Waals surface area contributed by atoms with Gasteiger partial charge in [-0.05, 0) is 48.4 Å². The summed E-state index contributed by atoms with van der Waals surface area (Å²) in [7, 11) is 1.48. The van der Waals surface area contributed by atoms with E-state index in [2.05, 4.69) is 15.5 Å². The van der Waals surface area contributed by atoms with Crippen LogP contribution in [0.2, 0.25) is 5.02 Å². The zero-order valence-electron chi connectivity index (χ0n) is 18.2. The third-order valence-corrected chi connectivity index (χ3v) is 5.29. The summed E-state index contributed by atoms with van der Waals surface area (Å²) in [5.41, 5.74) is 1.28. The van der Waals surface area contributed by atoms with Gasteiger partial charge in [0.25, 0.3) is 5.56 Å². The Bertz CT molecular complexity index is 1400. The van der Waals surface area contributed by atoms with E-state index in [1.165, 1.54) is 36.1 Å². The van der Waals surface area contributed by atoms with Gasteiger partial charge in [0.05, 0.1) is 30.4 Å². The smallest absolute Gasteiger partial charge is 0.293 e. The number of halogens is 2. The fourth-order valence-electron chi connectivity index (χ4n) is 3.51. The molecular weight excluding hydrogens is 449 g/mol. The predicted molar refractivity (Wildman–Crippen MR) is 124 cm³/mol. The minimum atomic E-state index is -0.496. The van der Waals surface area contributed by atoms with Gasteiger partial charge < -0.3 is 10.1 Å². The van der Waals surface area contributed by atoms with Crippen LogP contribution in [0.4, 0.5) is 10.1 Å². The van der Waals surface area contributed by atoms with Crippen LogP contribution in [0.25, 0.3) is 16.6 Å². The highest BCUT2D eigenvalue weighted by Gasteiger charge is 2.20. The zero-order chi connectivity index (χ0) is 23.7. The third-order valence-electron chi connectivity index (χ3n) is 5.06. The minimum Gasteiger partial charge on any atom is -0.495 e. The quantitative estimate of drug-likeness (QED) is 0.458. The molecule has 8 nitrogen and oxygen atoms in total. The molecule has 2 aromatic heterocycles. The first-order chi connectivity index (χ1) is 15.8. The van der Waals surface area contributed by atoms with Gasteiger partial charge in [-0.2, -0.15) is 10.2 Å². The van der Waals surface area contributed by atoms with Crippen LogP contribution >= 0.6 is 11.6 Å². The van der Waals surface area contributed by atoms with E-state index in [0.29, 0.717) is 33.2 Å². The standard InChI is InChI=1S/C23H21ClFN5O3/c1-13(2)21-17-11-26-30(16-7-5-15(25)6-8-16)22(17)23(32)29(28-21)12-20(31)27-18-10-14(24)4-9-19(18)33-3/h4-11,13H,12H2,1-3H3,(H,27,31). The van der Waals surface area contributed by atoms with Crippen LogP contribution in [0.5, 0.6) is 5.75 Å². The molecule has 0 spiro atoms. The Morgan fingerprint density at radius 2 is 1.94 bits per heavy atom. The number of nitrogens with one attached hydrogen (secondary N) is 1. The Morgan fingerprint density at radius 3 is 2.61 bits per heavy atom. The molecule has 0 bridgehead atoms. The third kappa shape index (κ3) is 4.45. The molecule has 1 amide bonds. The largest absolute Gasteiger partial charge is 0.495 e. The lowest BCUT2D eigenvalue weighted by atomic mass is 10.1. The van der Waals surface area contributed by atoms with Gasteiger partial charge >= 0.3 is 0 Å². The van der Waals surface area contributed by atoms with Crippen molar-refractivity contribution < 1.29 is 13.9 Å². The zero-order valence-corrected chi connectivity index (χ0v) is 18.9. The number of carbonyl (C=O) groups is 1. The van der Waals surface area contributed by atoms with E-state index in [1.807, 2.05) is 13.8 Å². The van der Waals surface area contributed by atoms with Gasteiger partial charge in [-0.1, -0.05) is 25.4 Å². The van der Waals surface area contributed by atoms with Crippen molar-refractivity contribution in [2.75, 3.05) is 12.4 Å². The molecule has 0 unspecified atom stereocenters. The van der Waals surface area contributed by atoms with E-state index in [9.17, 15) is 14.0 Å². The lowest BCUT2D eigenvalue weighted by molar-refractivity contribution is -0.117. The molecule has 0 aliphatic carbocycles. The Balaban J connectivity index is 1.76. The van der Waals surface area contributed by atoms with Crippen molar-refractivity contribution in [3.63, 3.8) is 0 Å². The summed E-state index contributed by atoms with van der Waals surface area (Å²) >= 11 is 6.03. The molecule has 0 saturated carbocycles. The average Bonchev–Trinajstić information content (AvgIpc) is 3.21. The SMILES string of the molecule is COc1ccc(Cl)cc1NC(=O)Cn1nc(C(C)C)c2cnn(-c3ccc(F)cc3)c2c1=O. The molecule has 0 radical (unpaired) electrons. The molecule has 0 aliphatic rings. The van der Waals surface area contributed by atoms with Crippen molar-refractivity contribution >= 4 is 34.1 Å². The summed E-state index contributed by atoms with van der Waals surface area (Å²) in [5.74, 6) is -0.487. The number of benzene rings is 2. The molecule has 170 valence electrons. The van der Waals surface area contributed by atoms with Crippen LogP contribution < -0.4 is 15.6 Å². The molecule has 4 rings (SSSR count). The van der Waals surface area contributed by atoms with Crippen molar-refractivity contribution in [2.45, 2.75) is 26.3 Å². The van der Waals surface area contributed by atoms with E-state index in [-0.39, 0.29) is 18.0 Å². The first-order valence-corrected chi connectivity index (χ1v) is 10.5. The summed E-state index contributed by atoms with van der Waals surface area (Å²) in [4.78, 5) is 26.1. The summed E-state index contributed by atoms with van der Waals surface area (Å²) in [6, 6.07) is 10.5. The monoisotopic (exact) mass is 469 g/mol. The number of hydrogen-bond donors (Lipinski definition) is 1. The molecule has 4 aromatic rings. The summed E-state index contributed by atoms with van der Waals surface area (Å²) in [6.07, 6.45) is 1.56. The number of ether oxygens (including phenoxy) is 1. The van der Waals surface area contributed by atoms with Crippen LogP contribution in [-0.2, 0) is 11.3 Å². The van der Waals surface area contributed by atoms with Crippen LogP contribution in [0.1, 0.15) is 25.5 Å². The topological polar surface area (TPSA) is 91.0 Å². The molecule has 0 fully saturated rings. The summed E-state index contributed by atoms with van der Waals surface area (Å²) in [5, 5.41) is 12.5. The fourth-order valence-corrected chi connectivity index (χ4v) is 3.68. The Labute approximate surface area is 193 Å². The normalized spacial score (nSPS) is 11.2. The van der Waals surface area contributed by atoms with E-state index < -0.39 is 17.3 Å². The molecule has 0 aliphatic heterocycles. The molecule has 0 atom stereocenters. The van der Waals surface area contributed by atoms with Gasteiger partial charge in [-0.25, -0.2) is 13.8 Å². The van der Waals surface area contributed by atoms with Gasteiger partial charge in [0.15, 0.2) is 0 Å². The maximum Gasteiger partial charge on any atom is 0.293 e. The number of carbonyl (C=O) groups excluding carboxylic acids is 1. The lowest BCUT2D eigenvalue weighted by Gasteiger charge is -2.13. The van der Waals surface area contributed by atoms with Crippen molar-refractivity contribution in [3.8, 4) is 11.4 Å². The molecule has 0 saturated heterocycles. The molecule has 2 aromatic carbocycles. The van der Waals surface area contributed by atoms with Gasteiger partial charge in [0.1, 0.15) is 23.6 Å². The van der Waals surface area contributed by atoms with Gasteiger partial charge in [-0.15, -0.1) is 0 Å². The van der Waals surface area contributed by atoms with E-state index in [4.69, 9.17) is 16.3 Å². The molecule has 10 heteroatoms. The highest BCUT2D eigenvalue weighted by Crippen LogP contribution is 2.28. The second-order valence-electron chi connectivity index (χ2n) is 7.69. The van der Waals surface area contributed by atoms with Crippen molar-refractivity contribution in [1.29, 1.82) is 0 Å². The second-order valence-corrected chi connectivity index (χ2v) is 8.13. The molecule has 33 heavy (non-hydrogen) atoms. The van der Waals surface area contributed by atoms with Crippen LogP contribution in [0, 0.1) is 5.82 Å². The first kappa shape index (κ1) is 22.5. The van der Waals surface area contributed by atoms with Crippen molar-refractivity contribution in [1.82, 2.24) is 19.6 Å². The maximum absolute atomic E-state index is 13.4.